The molecule has 1 N–H and O–H groups in total. The minimum Gasteiger partial charge on any atom is -0.349 e. The van der Waals surface area contributed by atoms with E-state index in [-0.39, 0.29) is 17.9 Å². The van der Waals surface area contributed by atoms with E-state index in [1.807, 2.05) is 23.1 Å². The van der Waals surface area contributed by atoms with Crippen LogP contribution in [0.2, 0.25) is 5.02 Å². The lowest BCUT2D eigenvalue weighted by molar-refractivity contribution is -0.130. The minimum atomic E-state index is 0.0565. The Morgan fingerprint density at radius 3 is 2.50 bits per heavy atom. The molecule has 0 aromatic heterocycles. The van der Waals surface area contributed by atoms with Crippen LogP contribution in [0.1, 0.15) is 63.5 Å². The van der Waals surface area contributed by atoms with Crippen molar-refractivity contribution in [3.05, 3.63) is 34.9 Å². The maximum atomic E-state index is 12.7. The van der Waals surface area contributed by atoms with Crippen molar-refractivity contribution in [2.75, 3.05) is 13.1 Å². The Morgan fingerprint density at radius 1 is 1.19 bits per heavy atom. The van der Waals surface area contributed by atoms with E-state index in [1.54, 1.807) is 6.92 Å². The summed E-state index contributed by atoms with van der Waals surface area (Å²) in [6, 6.07) is 7.95. The zero-order valence-corrected chi connectivity index (χ0v) is 16.3. The molecule has 26 heavy (non-hydrogen) atoms. The minimum absolute atomic E-state index is 0.0565. The molecule has 2 fully saturated rings. The van der Waals surface area contributed by atoms with Crippen molar-refractivity contribution >= 4 is 23.4 Å². The first kappa shape index (κ1) is 19.2. The number of hydrogen-bond donors (Lipinski definition) is 1. The van der Waals surface area contributed by atoms with Crippen molar-refractivity contribution in [3.63, 3.8) is 0 Å². The number of rotatable bonds is 5. The number of nitrogens with zero attached hydrogens (tertiary/aromatic N) is 1. The predicted molar refractivity (Wildman–Crippen MR) is 104 cm³/mol. The third-order valence-corrected chi connectivity index (χ3v) is 6.16. The Hall–Kier alpha value is -1.55. The van der Waals surface area contributed by atoms with Gasteiger partial charge in [-0.25, -0.2) is 0 Å². The quantitative estimate of drug-likeness (QED) is 0.831. The number of benzene rings is 1. The lowest BCUT2D eigenvalue weighted by Gasteiger charge is -2.32. The third kappa shape index (κ3) is 5.00. The second-order valence-corrected chi connectivity index (χ2v) is 8.23. The van der Waals surface area contributed by atoms with Gasteiger partial charge in [0.15, 0.2) is 0 Å². The van der Waals surface area contributed by atoms with E-state index in [4.69, 9.17) is 11.6 Å². The Labute approximate surface area is 161 Å². The molecule has 0 radical (unpaired) electrons. The van der Waals surface area contributed by atoms with Gasteiger partial charge < -0.3 is 10.2 Å². The number of carbonyl (C=O) groups is 2. The molecule has 1 aliphatic carbocycles. The van der Waals surface area contributed by atoms with Gasteiger partial charge in [0.1, 0.15) is 0 Å². The molecule has 0 spiro atoms. The Balaban J connectivity index is 1.60. The maximum absolute atomic E-state index is 12.7. The number of piperidine rings is 1. The van der Waals surface area contributed by atoms with Gasteiger partial charge in [-0.1, -0.05) is 36.6 Å². The summed E-state index contributed by atoms with van der Waals surface area (Å²) in [6.45, 7) is 3.16. The molecule has 1 aliphatic heterocycles. The van der Waals surface area contributed by atoms with Gasteiger partial charge in [-0.2, -0.15) is 0 Å². The second-order valence-electron chi connectivity index (χ2n) is 7.80. The Morgan fingerprint density at radius 2 is 1.88 bits per heavy atom. The van der Waals surface area contributed by atoms with E-state index in [0.29, 0.717) is 18.3 Å². The normalized spacial score (nSPS) is 20.2. The summed E-state index contributed by atoms with van der Waals surface area (Å²) in [7, 11) is 0. The van der Waals surface area contributed by atoms with Gasteiger partial charge >= 0.3 is 0 Å². The summed E-state index contributed by atoms with van der Waals surface area (Å²) >= 11 is 6.18. The zero-order valence-electron chi connectivity index (χ0n) is 15.5. The van der Waals surface area contributed by atoms with Crippen LogP contribution in [0.4, 0.5) is 0 Å². The molecule has 0 unspecified atom stereocenters. The van der Waals surface area contributed by atoms with Crippen LogP contribution >= 0.6 is 11.6 Å². The van der Waals surface area contributed by atoms with Crippen molar-refractivity contribution in [1.29, 1.82) is 0 Å². The highest BCUT2D eigenvalue weighted by Crippen LogP contribution is 2.36. The average Bonchev–Trinajstić information content (AvgIpc) is 3.14. The van der Waals surface area contributed by atoms with Crippen molar-refractivity contribution in [2.24, 2.45) is 11.8 Å². The number of carbonyl (C=O) groups excluding carboxylic acids is 2. The summed E-state index contributed by atoms with van der Waals surface area (Å²) in [5, 5.41) is 4.02. The molecule has 1 aromatic carbocycles. The van der Waals surface area contributed by atoms with E-state index in [2.05, 4.69) is 11.4 Å². The van der Waals surface area contributed by atoms with Crippen LogP contribution in [0.25, 0.3) is 0 Å². The van der Waals surface area contributed by atoms with Gasteiger partial charge in [0.05, 0.1) is 6.04 Å². The molecule has 1 heterocycles. The first-order chi connectivity index (χ1) is 12.5. The summed E-state index contributed by atoms with van der Waals surface area (Å²) < 4.78 is 0. The van der Waals surface area contributed by atoms with E-state index in [1.165, 1.54) is 12.8 Å². The van der Waals surface area contributed by atoms with Crippen molar-refractivity contribution in [2.45, 2.75) is 57.9 Å². The smallest absolute Gasteiger partial charge is 0.220 e. The fourth-order valence-corrected chi connectivity index (χ4v) is 4.61. The van der Waals surface area contributed by atoms with Crippen LogP contribution in [-0.4, -0.2) is 29.8 Å². The number of hydrogen-bond acceptors (Lipinski definition) is 2. The molecule has 1 saturated heterocycles. The van der Waals surface area contributed by atoms with Gasteiger partial charge in [-0.3, -0.25) is 9.59 Å². The molecule has 3 rings (SSSR count). The third-order valence-electron chi connectivity index (χ3n) is 5.93. The number of halogens is 1. The molecule has 142 valence electrons. The van der Waals surface area contributed by atoms with Crippen molar-refractivity contribution in [1.82, 2.24) is 10.2 Å². The molecule has 4 nitrogen and oxygen atoms in total. The molecular weight excluding hydrogens is 348 g/mol. The van der Waals surface area contributed by atoms with Gasteiger partial charge in [0.25, 0.3) is 0 Å². The standard InChI is InChI=1S/C21H29ClN2O2/c1-15(25)24-11-9-16(10-12-24)13-20(26)23-21(17-5-2-3-6-17)18-7-4-8-19(22)14-18/h4,7-8,14,16-17,21H,2-3,5-6,9-13H2,1H3,(H,23,26)/t21-/m0/s1. The number of amides is 2. The summed E-state index contributed by atoms with van der Waals surface area (Å²) in [5.41, 5.74) is 1.11. The number of nitrogens with one attached hydrogen (secondary N) is 1. The van der Waals surface area contributed by atoms with Gasteiger partial charge in [-0.15, -0.1) is 0 Å². The van der Waals surface area contributed by atoms with E-state index < -0.39 is 0 Å². The van der Waals surface area contributed by atoms with Gasteiger partial charge in [0.2, 0.25) is 11.8 Å². The predicted octanol–water partition coefficient (Wildman–Crippen LogP) is 4.34. The van der Waals surface area contributed by atoms with Crippen LogP contribution in [0.5, 0.6) is 0 Å². The topological polar surface area (TPSA) is 49.4 Å². The zero-order chi connectivity index (χ0) is 18.5. The average molecular weight is 377 g/mol. The number of likely N-dealkylation sites (tertiary alicyclic amines) is 1. The van der Waals surface area contributed by atoms with Crippen molar-refractivity contribution < 1.29 is 9.59 Å². The molecule has 1 saturated carbocycles. The lowest BCUT2D eigenvalue weighted by Crippen LogP contribution is -2.39. The fourth-order valence-electron chi connectivity index (χ4n) is 4.41. The Kier molecular flexibility index (Phi) is 6.58. The van der Waals surface area contributed by atoms with E-state index in [0.717, 1.165) is 49.4 Å². The molecule has 5 heteroatoms. The first-order valence-corrected chi connectivity index (χ1v) is 10.2. The van der Waals surface area contributed by atoms with Crippen molar-refractivity contribution in [3.8, 4) is 0 Å². The first-order valence-electron chi connectivity index (χ1n) is 9.83. The highest BCUT2D eigenvalue weighted by atomic mass is 35.5. The molecular formula is C21H29ClN2O2. The van der Waals surface area contributed by atoms with Crippen LogP contribution in [0, 0.1) is 11.8 Å². The Bertz CT molecular complexity index is 635. The van der Waals surface area contributed by atoms with Gasteiger partial charge in [0, 0.05) is 31.5 Å². The van der Waals surface area contributed by atoms with Crippen LogP contribution in [0.3, 0.4) is 0 Å². The molecule has 2 amide bonds. The summed E-state index contributed by atoms with van der Waals surface area (Å²) in [6.07, 6.45) is 7.18. The maximum Gasteiger partial charge on any atom is 0.220 e. The van der Waals surface area contributed by atoms with E-state index in [9.17, 15) is 9.59 Å². The van der Waals surface area contributed by atoms with Crippen LogP contribution in [-0.2, 0) is 9.59 Å². The fraction of sp³-hybridized carbons (Fsp3) is 0.619. The van der Waals surface area contributed by atoms with Gasteiger partial charge in [-0.05, 0) is 55.2 Å². The molecule has 1 aromatic rings. The highest BCUT2D eigenvalue weighted by molar-refractivity contribution is 6.30. The molecule has 2 aliphatic rings. The van der Waals surface area contributed by atoms with Crippen LogP contribution in [0.15, 0.2) is 24.3 Å². The second kappa shape index (κ2) is 8.90. The van der Waals surface area contributed by atoms with Crippen LogP contribution < -0.4 is 5.32 Å². The highest BCUT2D eigenvalue weighted by Gasteiger charge is 2.29. The SMILES string of the molecule is CC(=O)N1CCC(CC(=O)N[C@H](c2cccc(Cl)c2)C2CCCC2)CC1. The molecule has 1 atom stereocenters. The monoisotopic (exact) mass is 376 g/mol. The van der Waals surface area contributed by atoms with E-state index >= 15 is 0 Å². The summed E-state index contributed by atoms with van der Waals surface area (Å²) in [4.78, 5) is 26.0. The lowest BCUT2D eigenvalue weighted by atomic mass is 9.90. The summed E-state index contributed by atoms with van der Waals surface area (Å²) in [5.74, 6) is 1.13. The molecule has 0 bridgehead atoms. The largest absolute Gasteiger partial charge is 0.349 e.